The number of fused-ring (bicyclic) bond motifs is 1. The van der Waals surface area contributed by atoms with Crippen molar-refractivity contribution in [3.05, 3.63) is 12.2 Å². The molecule has 0 radical (unpaired) electrons. The SMILES string of the molecule is C=C1CCC[C@]2(C)CC[C@@H](C(C)(C)O)[C@@H](O)[C@@]12O. The van der Waals surface area contributed by atoms with Crippen LogP contribution in [0.2, 0.25) is 0 Å². The number of aliphatic hydroxyl groups is 3. The van der Waals surface area contributed by atoms with Crippen LogP contribution in [0.4, 0.5) is 0 Å². The summed E-state index contributed by atoms with van der Waals surface area (Å²) in [5.74, 6) is -0.301. The molecular formula is C15H26O3. The van der Waals surface area contributed by atoms with Crippen LogP contribution in [0.15, 0.2) is 12.2 Å². The zero-order chi connectivity index (χ0) is 13.8. The van der Waals surface area contributed by atoms with Gasteiger partial charge in [0.1, 0.15) is 5.60 Å². The minimum Gasteiger partial charge on any atom is -0.390 e. The molecule has 18 heavy (non-hydrogen) atoms. The van der Waals surface area contributed by atoms with Crippen LogP contribution in [-0.4, -0.2) is 32.6 Å². The van der Waals surface area contributed by atoms with Crippen molar-refractivity contribution in [1.82, 2.24) is 0 Å². The monoisotopic (exact) mass is 254 g/mol. The van der Waals surface area contributed by atoms with E-state index in [0.29, 0.717) is 0 Å². The minimum absolute atomic E-state index is 0.301. The zero-order valence-electron chi connectivity index (χ0n) is 11.7. The zero-order valence-corrected chi connectivity index (χ0v) is 11.7. The van der Waals surface area contributed by atoms with Crippen LogP contribution < -0.4 is 0 Å². The van der Waals surface area contributed by atoms with Gasteiger partial charge in [0.25, 0.3) is 0 Å². The molecule has 0 unspecified atom stereocenters. The summed E-state index contributed by atoms with van der Waals surface area (Å²) in [6.45, 7) is 9.45. The van der Waals surface area contributed by atoms with Gasteiger partial charge in [-0.15, -0.1) is 0 Å². The van der Waals surface area contributed by atoms with E-state index in [-0.39, 0.29) is 11.3 Å². The second kappa shape index (κ2) is 4.06. The van der Waals surface area contributed by atoms with E-state index in [0.717, 1.165) is 37.7 Å². The summed E-state index contributed by atoms with van der Waals surface area (Å²) in [4.78, 5) is 0. The molecule has 3 heteroatoms. The fraction of sp³-hybridized carbons (Fsp3) is 0.867. The van der Waals surface area contributed by atoms with Crippen LogP contribution in [-0.2, 0) is 0 Å². The maximum absolute atomic E-state index is 11.1. The third kappa shape index (κ3) is 1.75. The van der Waals surface area contributed by atoms with Crippen LogP contribution in [0.1, 0.15) is 52.9 Å². The van der Waals surface area contributed by atoms with E-state index in [1.54, 1.807) is 13.8 Å². The molecule has 3 nitrogen and oxygen atoms in total. The lowest BCUT2D eigenvalue weighted by molar-refractivity contribution is -0.213. The molecule has 0 bridgehead atoms. The van der Waals surface area contributed by atoms with Gasteiger partial charge in [0.15, 0.2) is 0 Å². The average molecular weight is 254 g/mol. The topological polar surface area (TPSA) is 60.7 Å². The molecule has 0 saturated heterocycles. The first-order valence-electron chi connectivity index (χ1n) is 6.94. The molecule has 0 spiro atoms. The summed E-state index contributed by atoms with van der Waals surface area (Å²) in [6.07, 6.45) is 3.35. The largest absolute Gasteiger partial charge is 0.390 e. The van der Waals surface area contributed by atoms with Gasteiger partial charge in [-0.05, 0) is 51.5 Å². The lowest BCUT2D eigenvalue weighted by Crippen LogP contribution is -2.65. The molecule has 3 N–H and O–H groups in total. The van der Waals surface area contributed by atoms with Gasteiger partial charge in [0.2, 0.25) is 0 Å². The van der Waals surface area contributed by atoms with Gasteiger partial charge in [0, 0.05) is 11.3 Å². The van der Waals surface area contributed by atoms with Crippen molar-refractivity contribution < 1.29 is 15.3 Å². The predicted molar refractivity (Wildman–Crippen MR) is 71.1 cm³/mol. The van der Waals surface area contributed by atoms with Crippen LogP contribution in [0.25, 0.3) is 0 Å². The summed E-state index contributed by atoms with van der Waals surface area (Å²) >= 11 is 0. The van der Waals surface area contributed by atoms with Gasteiger partial charge in [0.05, 0.1) is 11.7 Å². The fourth-order valence-corrected chi connectivity index (χ4v) is 4.04. The Balaban J connectivity index is 2.40. The smallest absolute Gasteiger partial charge is 0.117 e. The Hall–Kier alpha value is -0.380. The molecule has 0 aliphatic heterocycles. The molecular weight excluding hydrogens is 228 g/mol. The van der Waals surface area contributed by atoms with E-state index in [4.69, 9.17) is 0 Å². The van der Waals surface area contributed by atoms with Crippen molar-refractivity contribution in [3.8, 4) is 0 Å². The van der Waals surface area contributed by atoms with E-state index in [1.165, 1.54) is 0 Å². The maximum atomic E-state index is 11.1. The molecule has 0 amide bonds. The summed E-state index contributed by atoms with van der Waals surface area (Å²) in [7, 11) is 0. The van der Waals surface area contributed by atoms with Crippen molar-refractivity contribution in [3.63, 3.8) is 0 Å². The molecule has 0 aromatic rings. The van der Waals surface area contributed by atoms with Crippen molar-refractivity contribution in [1.29, 1.82) is 0 Å². The average Bonchev–Trinajstić information content (AvgIpc) is 2.22. The first-order chi connectivity index (χ1) is 8.13. The van der Waals surface area contributed by atoms with Crippen LogP contribution in [0.3, 0.4) is 0 Å². The molecule has 104 valence electrons. The Morgan fingerprint density at radius 2 is 1.94 bits per heavy atom. The molecule has 4 atom stereocenters. The van der Waals surface area contributed by atoms with Crippen molar-refractivity contribution in [2.24, 2.45) is 11.3 Å². The summed E-state index contributed by atoms with van der Waals surface area (Å²) in [5, 5.41) is 31.9. The van der Waals surface area contributed by atoms with Gasteiger partial charge in [-0.1, -0.05) is 13.5 Å². The fourth-order valence-electron chi connectivity index (χ4n) is 4.04. The molecule has 2 fully saturated rings. The summed E-state index contributed by atoms with van der Waals surface area (Å²) in [6, 6.07) is 0. The Kier molecular flexibility index (Phi) is 3.16. The Morgan fingerprint density at radius 3 is 2.50 bits per heavy atom. The molecule has 0 heterocycles. The Bertz CT molecular complexity index is 357. The highest BCUT2D eigenvalue weighted by Crippen LogP contribution is 2.57. The number of aliphatic hydroxyl groups excluding tert-OH is 1. The van der Waals surface area contributed by atoms with E-state index in [2.05, 4.69) is 6.58 Å². The third-order valence-electron chi connectivity index (χ3n) is 5.39. The van der Waals surface area contributed by atoms with Crippen molar-refractivity contribution in [2.75, 3.05) is 0 Å². The molecule has 0 aromatic carbocycles. The highest BCUT2D eigenvalue weighted by atomic mass is 16.3. The van der Waals surface area contributed by atoms with Crippen LogP contribution in [0, 0.1) is 11.3 Å². The molecule has 2 aliphatic carbocycles. The van der Waals surface area contributed by atoms with Crippen LogP contribution >= 0.6 is 0 Å². The molecule has 2 aliphatic rings. The van der Waals surface area contributed by atoms with Gasteiger partial charge in [-0.25, -0.2) is 0 Å². The van der Waals surface area contributed by atoms with Gasteiger partial charge >= 0.3 is 0 Å². The minimum atomic E-state index is -1.24. The number of hydrogen-bond acceptors (Lipinski definition) is 3. The first-order valence-corrected chi connectivity index (χ1v) is 6.94. The van der Waals surface area contributed by atoms with Gasteiger partial charge < -0.3 is 15.3 Å². The molecule has 2 rings (SSSR count). The number of hydrogen-bond donors (Lipinski definition) is 3. The number of rotatable bonds is 1. The summed E-state index contributed by atoms with van der Waals surface area (Å²) < 4.78 is 0. The highest BCUT2D eigenvalue weighted by Gasteiger charge is 2.61. The molecule has 0 aromatic heterocycles. The van der Waals surface area contributed by atoms with E-state index < -0.39 is 17.3 Å². The van der Waals surface area contributed by atoms with E-state index >= 15 is 0 Å². The second-order valence-corrected chi connectivity index (χ2v) is 7.03. The second-order valence-electron chi connectivity index (χ2n) is 7.03. The lowest BCUT2D eigenvalue weighted by atomic mass is 9.51. The lowest BCUT2D eigenvalue weighted by Gasteiger charge is -2.59. The molecule has 2 saturated carbocycles. The predicted octanol–water partition coefficient (Wildman–Crippen LogP) is 2.01. The quantitative estimate of drug-likeness (QED) is 0.627. The standard InChI is InChI=1S/C15H26O3/c1-10-6-5-8-14(4)9-7-11(13(2,3)17)12(16)15(10,14)18/h11-12,16-18H,1,5-9H2,2-4H3/t11-,12-,14-,15+/m1/s1. The third-order valence-corrected chi connectivity index (χ3v) is 5.39. The normalized spacial score (nSPS) is 45.8. The van der Waals surface area contributed by atoms with E-state index in [9.17, 15) is 15.3 Å². The van der Waals surface area contributed by atoms with Crippen LogP contribution in [0.5, 0.6) is 0 Å². The van der Waals surface area contributed by atoms with Crippen molar-refractivity contribution >= 4 is 0 Å². The van der Waals surface area contributed by atoms with Gasteiger partial charge in [-0.2, -0.15) is 0 Å². The summed E-state index contributed by atoms with van der Waals surface area (Å²) in [5.41, 5.74) is -1.79. The highest BCUT2D eigenvalue weighted by molar-refractivity contribution is 5.27. The van der Waals surface area contributed by atoms with E-state index in [1.807, 2.05) is 6.92 Å². The van der Waals surface area contributed by atoms with Crippen molar-refractivity contribution in [2.45, 2.75) is 70.2 Å². The first kappa shape index (κ1) is 14.0. The Morgan fingerprint density at radius 1 is 1.33 bits per heavy atom. The maximum Gasteiger partial charge on any atom is 0.117 e. The van der Waals surface area contributed by atoms with Gasteiger partial charge in [-0.3, -0.25) is 0 Å². The Labute approximate surface area is 110 Å².